The summed E-state index contributed by atoms with van der Waals surface area (Å²) in [6.07, 6.45) is -2.86. The normalized spacial score (nSPS) is 12.8. The van der Waals surface area contributed by atoms with Crippen molar-refractivity contribution in [1.29, 1.82) is 0 Å². The third kappa shape index (κ3) is 4.79. The lowest BCUT2D eigenvalue weighted by molar-refractivity contribution is -0.187. The van der Waals surface area contributed by atoms with E-state index >= 15 is 0 Å². The lowest BCUT2D eigenvalue weighted by Crippen LogP contribution is -2.36. The molecule has 9 heteroatoms. The van der Waals surface area contributed by atoms with Gasteiger partial charge in [-0.3, -0.25) is 4.79 Å². The third-order valence-corrected chi connectivity index (χ3v) is 3.09. The SMILES string of the molecule is Cl.N[C@@H](Cc1c[nH]c2cc(Cl)ccc12)C(=O)OCC(F)(F)F. The first-order chi connectivity index (χ1) is 9.76. The molecule has 0 bridgehead atoms. The molecule has 0 spiro atoms. The molecule has 4 nitrogen and oxygen atoms in total. The highest BCUT2D eigenvalue weighted by Gasteiger charge is 2.30. The number of nitrogens with two attached hydrogens (primary N) is 1. The molecule has 0 saturated carbocycles. The van der Waals surface area contributed by atoms with E-state index in [4.69, 9.17) is 17.3 Å². The van der Waals surface area contributed by atoms with Gasteiger partial charge in [0.05, 0.1) is 0 Å². The van der Waals surface area contributed by atoms with E-state index in [1.807, 2.05) is 0 Å². The van der Waals surface area contributed by atoms with Crippen molar-refractivity contribution in [2.45, 2.75) is 18.6 Å². The topological polar surface area (TPSA) is 68.1 Å². The number of aromatic nitrogens is 1. The van der Waals surface area contributed by atoms with Gasteiger partial charge in [0, 0.05) is 28.5 Å². The van der Waals surface area contributed by atoms with Gasteiger partial charge in [0.2, 0.25) is 0 Å². The first-order valence-electron chi connectivity index (χ1n) is 6.01. The Morgan fingerprint density at radius 2 is 2.09 bits per heavy atom. The van der Waals surface area contributed by atoms with Crippen molar-refractivity contribution in [2.24, 2.45) is 5.73 Å². The highest BCUT2D eigenvalue weighted by atomic mass is 35.5. The van der Waals surface area contributed by atoms with E-state index in [2.05, 4.69) is 9.72 Å². The van der Waals surface area contributed by atoms with Crippen LogP contribution < -0.4 is 5.73 Å². The molecule has 0 saturated heterocycles. The van der Waals surface area contributed by atoms with Gasteiger partial charge >= 0.3 is 12.1 Å². The van der Waals surface area contributed by atoms with E-state index < -0.39 is 24.8 Å². The number of rotatable bonds is 4. The van der Waals surface area contributed by atoms with Crippen LogP contribution in [-0.2, 0) is 16.0 Å². The van der Waals surface area contributed by atoms with E-state index in [-0.39, 0.29) is 18.8 Å². The molecule has 122 valence electrons. The number of nitrogens with one attached hydrogen (secondary N) is 1. The predicted molar refractivity (Wildman–Crippen MR) is 79.3 cm³/mol. The molecule has 0 radical (unpaired) electrons. The molecule has 0 fully saturated rings. The van der Waals surface area contributed by atoms with Gasteiger partial charge in [0.25, 0.3) is 0 Å². The van der Waals surface area contributed by atoms with Crippen molar-refractivity contribution in [3.05, 3.63) is 35.0 Å². The first-order valence-corrected chi connectivity index (χ1v) is 6.38. The molecular formula is C13H13Cl2F3N2O2. The molecule has 0 aliphatic heterocycles. The van der Waals surface area contributed by atoms with Gasteiger partial charge in [-0.25, -0.2) is 0 Å². The van der Waals surface area contributed by atoms with Gasteiger partial charge in [0.15, 0.2) is 6.61 Å². The molecule has 1 atom stereocenters. The maximum absolute atomic E-state index is 12.0. The number of ether oxygens (including phenoxy) is 1. The number of aromatic amines is 1. The predicted octanol–water partition coefficient (Wildman–Crippen LogP) is 3.22. The molecule has 0 aliphatic carbocycles. The summed E-state index contributed by atoms with van der Waals surface area (Å²) in [6.45, 7) is -1.64. The molecule has 2 aromatic rings. The fourth-order valence-corrected chi connectivity index (χ4v) is 2.08. The summed E-state index contributed by atoms with van der Waals surface area (Å²) in [5.41, 5.74) is 7.04. The standard InChI is InChI=1S/C13H12ClF3N2O2.ClH/c14-8-1-2-9-7(5-19-11(9)4-8)3-10(18)12(20)21-6-13(15,16)17;/h1-2,4-5,10,19H,3,6,18H2;1H/t10-;/m0./s1. The number of alkyl halides is 3. The number of carbonyl (C=O) groups excluding carboxylic acids is 1. The molecule has 1 aromatic heterocycles. The van der Waals surface area contributed by atoms with Crippen LogP contribution in [0.4, 0.5) is 13.2 Å². The molecular weight excluding hydrogens is 344 g/mol. The highest BCUT2D eigenvalue weighted by molar-refractivity contribution is 6.31. The van der Waals surface area contributed by atoms with Crippen molar-refractivity contribution < 1.29 is 22.7 Å². The molecule has 1 heterocycles. The van der Waals surface area contributed by atoms with Crippen molar-refractivity contribution in [3.8, 4) is 0 Å². The average molecular weight is 357 g/mol. The zero-order valence-corrected chi connectivity index (χ0v) is 12.7. The number of benzene rings is 1. The molecule has 1 aromatic carbocycles. The largest absolute Gasteiger partial charge is 0.455 e. The number of H-pyrrole nitrogens is 1. The molecule has 0 amide bonds. The van der Waals surface area contributed by atoms with Gasteiger partial charge in [-0.05, 0) is 17.7 Å². The van der Waals surface area contributed by atoms with E-state index in [0.717, 1.165) is 10.9 Å². The molecule has 3 N–H and O–H groups in total. The Hall–Kier alpha value is -1.44. The summed E-state index contributed by atoms with van der Waals surface area (Å²) in [5.74, 6) is -1.09. The summed E-state index contributed by atoms with van der Waals surface area (Å²) in [4.78, 5) is 14.4. The molecule has 2 rings (SSSR count). The van der Waals surface area contributed by atoms with Crippen LogP contribution >= 0.6 is 24.0 Å². The zero-order valence-electron chi connectivity index (χ0n) is 11.1. The maximum Gasteiger partial charge on any atom is 0.422 e. The first kappa shape index (κ1) is 18.6. The lowest BCUT2D eigenvalue weighted by Gasteiger charge is -2.12. The quantitative estimate of drug-likeness (QED) is 0.826. The van der Waals surface area contributed by atoms with Gasteiger partial charge < -0.3 is 15.5 Å². The Balaban J connectivity index is 0.00000242. The Bertz CT molecular complexity index is 658. The van der Waals surface area contributed by atoms with Crippen LogP contribution in [0.2, 0.25) is 5.02 Å². The van der Waals surface area contributed by atoms with Gasteiger partial charge in [0.1, 0.15) is 6.04 Å². The second-order valence-electron chi connectivity index (χ2n) is 4.54. The summed E-state index contributed by atoms with van der Waals surface area (Å²) in [5, 5.41) is 1.35. The number of hydrogen-bond donors (Lipinski definition) is 2. The number of hydrogen-bond acceptors (Lipinski definition) is 3. The van der Waals surface area contributed by atoms with E-state index in [1.54, 1.807) is 24.4 Å². The van der Waals surface area contributed by atoms with Crippen molar-refractivity contribution in [1.82, 2.24) is 4.98 Å². The van der Waals surface area contributed by atoms with Crippen molar-refractivity contribution in [2.75, 3.05) is 6.61 Å². The van der Waals surface area contributed by atoms with Crippen LogP contribution in [0, 0.1) is 0 Å². The fourth-order valence-electron chi connectivity index (χ4n) is 1.91. The summed E-state index contributed by atoms with van der Waals surface area (Å²) in [6, 6.07) is 3.96. The number of esters is 1. The summed E-state index contributed by atoms with van der Waals surface area (Å²) >= 11 is 5.84. The Labute approximate surface area is 135 Å². The minimum absolute atomic E-state index is 0. The molecule has 0 aliphatic rings. The Morgan fingerprint density at radius 3 is 2.73 bits per heavy atom. The molecule has 0 unspecified atom stereocenters. The monoisotopic (exact) mass is 356 g/mol. The highest BCUT2D eigenvalue weighted by Crippen LogP contribution is 2.23. The smallest absolute Gasteiger partial charge is 0.422 e. The number of fused-ring (bicyclic) bond motifs is 1. The summed E-state index contributed by atoms with van der Waals surface area (Å²) < 4.78 is 40.0. The van der Waals surface area contributed by atoms with Gasteiger partial charge in [-0.1, -0.05) is 17.7 Å². The average Bonchev–Trinajstić information content (AvgIpc) is 2.77. The second-order valence-corrected chi connectivity index (χ2v) is 4.97. The Morgan fingerprint density at radius 1 is 1.41 bits per heavy atom. The number of halogens is 5. The maximum atomic E-state index is 12.0. The summed E-state index contributed by atoms with van der Waals surface area (Å²) in [7, 11) is 0. The van der Waals surface area contributed by atoms with Crippen LogP contribution in [0.15, 0.2) is 24.4 Å². The van der Waals surface area contributed by atoms with Gasteiger partial charge in [-0.15, -0.1) is 12.4 Å². The zero-order chi connectivity index (χ0) is 15.6. The minimum Gasteiger partial charge on any atom is -0.455 e. The van der Waals surface area contributed by atoms with Crippen LogP contribution in [0.1, 0.15) is 5.56 Å². The van der Waals surface area contributed by atoms with Crippen LogP contribution in [-0.4, -0.2) is 29.8 Å². The van der Waals surface area contributed by atoms with Crippen LogP contribution in [0.3, 0.4) is 0 Å². The van der Waals surface area contributed by atoms with Crippen LogP contribution in [0.25, 0.3) is 10.9 Å². The van der Waals surface area contributed by atoms with Crippen molar-refractivity contribution >= 4 is 40.9 Å². The van der Waals surface area contributed by atoms with E-state index in [9.17, 15) is 18.0 Å². The third-order valence-electron chi connectivity index (χ3n) is 2.85. The van der Waals surface area contributed by atoms with Gasteiger partial charge in [-0.2, -0.15) is 13.2 Å². The fraction of sp³-hybridized carbons (Fsp3) is 0.308. The van der Waals surface area contributed by atoms with E-state index in [1.165, 1.54) is 0 Å². The number of carbonyl (C=O) groups is 1. The lowest BCUT2D eigenvalue weighted by atomic mass is 10.1. The van der Waals surface area contributed by atoms with Crippen LogP contribution in [0.5, 0.6) is 0 Å². The van der Waals surface area contributed by atoms with E-state index in [0.29, 0.717) is 10.6 Å². The Kier molecular flexibility index (Phi) is 6.10. The minimum atomic E-state index is -4.56. The molecule has 22 heavy (non-hydrogen) atoms. The van der Waals surface area contributed by atoms with Crippen molar-refractivity contribution in [3.63, 3.8) is 0 Å². The second kappa shape index (κ2) is 7.21.